The maximum Gasteiger partial charge on any atom is 0.335 e. The lowest BCUT2D eigenvalue weighted by Crippen LogP contribution is -2.04. The van der Waals surface area contributed by atoms with E-state index in [1.807, 2.05) is 19.1 Å². The van der Waals surface area contributed by atoms with Crippen LogP contribution >= 0.6 is 0 Å². The van der Waals surface area contributed by atoms with Crippen molar-refractivity contribution in [1.29, 1.82) is 0 Å². The van der Waals surface area contributed by atoms with E-state index in [2.05, 4.69) is 13.8 Å². The monoisotopic (exact) mass is 192 g/mol. The number of benzene rings is 1. The molecule has 2 heteroatoms. The minimum absolute atomic E-state index is 0.420. The number of hydrogen-bond acceptors (Lipinski definition) is 1. The molecule has 1 aromatic carbocycles. The van der Waals surface area contributed by atoms with Crippen molar-refractivity contribution >= 4 is 5.97 Å². The van der Waals surface area contributed by atoms with Gasteiger partial charge >= 0.3 is 5.97 Å². The van der Waals surface area contributed by atoms with Crippen LogP contribution in [0.2, 0.25) is 0 Å². The molecule has 0 atom stereocenters. The summed E-state index contributed by atoms with van der Waals surface area (Å²) in [4.78, 5) is 10.9. The van der Waals surface area contributed by atoms with Gasteiger partial charge in [-0.3, -0.25) is 0 Å². The Bertz CT molecular complexity index is 340. The minimum Gasteiger partial charge on any atom is -0.478 e. The maximum atomic E-state index is 10.9. The van der Waals surface area contributed by atoms with Crippen molar-refractivity contribution in [2.45, 2.75) is 27.2 Å². The van der Waals surface area contributed by atoms with Crippen LogP contribution in [-0.2, 0) is 6.42 Å². The molecule has 0 radical (unpaired) electrons. The molecule has 0 aromatic heterocycles. The van der Waals surface area contributed by atoms with Crippen LogP contribution < -0.4 is 0 Å². The molecule has 2 nitrogen and oxygen atoms in total. The van der Waals surface area contributed by atoms with Crippen molar-refractivity contribution in [3.63, 3.8) is 0 Å². The number of rotatable bonds is 3. The lowest BCUT2D eigenvalue weighted by Gasteiger charge is -2.10. The molecule has 0 aliphatic heterocycles. The SMILES string of the molecule is Cc1c(CC(C)C)cccc1C(=O)O. The van der Waals surface area contributed by atoms with Crippen LogP contribution in [0.5, 0.6) is 0 Å². The van der Waals surface area contributed by atoms with Crippen LogP contribution in [0.4, 0.5) is 0 Å². The summed E-state index contributed by atoms with van der Waals surface area (Å²) in [6.45, 7) is 6.14. The molecule has 0 aliphatic carbocycles. The molecule has 0 amide bonds. The predicted molar refractivity (Wildman–Crippen MR) is 56.7 cm³/mol. The van der Waals surface area contributed by atoms with E-state index >= 15 is 0 Å². The van der Waals surface area contributed by atoms with Crippen molar-refractivity contribution in [3.05, 3.63) is 34.9 Å². The molecule has 76 valence electrons. The summed E-state index contributed by atoms with van der Waals surface area (Å²) in [6, 6.07) is 5.47. The average Bonchev–Trinajstić information content (AvgIpc) is 2.07. The van der Waals surface area contributed by atoms with Gasteiger partial charge in [0.1, 0.15) is 0 Å². The summed E-state index contributed by atoms with van der Waals surface area (Å²) < 4.78 is 0. The topological polar surface area (TPSA) is 37.3 Å². The highest BCUT2D eigenvalue weighted by atomic mass is 16.4. The van der Waals surface area contributed by atoms with E-state index in [4.69, 9.17) is 5.11 Å². The molecule has 0 fully saturated rings. The predicted octanol–water partition coefficient (Wildman–Crippen LogP) is 2.89. The Hall–Kier alpha value is -1.31. The van der Waals surface area contributed by atoms with Gasteiger partial charge in [0.15, 0.2) is 0 Å². The Balaban J connectivity index is 3.07. The van der Waals surface area contributed by atoms with Gasteiger partial charge < -0.3 is 5.11 Å². The van der Waals surface area contributed by atoms with E-state index in [-0.39, 0.29) is 0 Å². The third-order valence-electron chi connectivity index (χ3n) is 2.30. The van der Waals surface area contributed by atoms with Gasteiger partial charge in [-0.15, -0.1) is 0 Å². The molecule has 0 heterocycles. The van der Waals surface area contributed by atoms with Crippen LogP contribution in [0, 0.1) is 12.8 Å². The molecule has 0 spiro atoms. The van der Waals surface area contributed by atoms with Gasteiger partial charge in [-0.1, -0.05) is 26.0 Å². The van der Waals surface area contributed by atoms with E-state index < -0.39 is 5.97 Å². The molecule has 1 N–H and O–H groups in total. The molecule has 0 saturated heterocycles. The van der Waals surface area contributed by atoms with Crippen LogP contribution in [0.1, 0.15) is 35.3 Å². The molecular formula is C12H16O2. The lowest BCUT2D eigenvalue weighted by atomic mass is 9.95. The number of carboxylic acid groups (broad SMARTS) is 1. The smallest absolute Gasteiger partial charge is 0.335 e. The zero-order chi connectivity index (χ0) is 10.7. The van der Waals surface area contributed by atoms with E-state index in [1.165, 1.54) is 0 Å². The van der Waals surface area contributed by atoms with Gasteiger partial charge in [0.25, 0.3) is 0 Å². The van der Waals surface area contributed by atoms with Crippen molar-refractivity contribution in [2.75, 3.05) is 0 Å². The van der Waals surface area contributed by atoms with E-state index in [0.29, 0.717) is 11.5 Å². The largest absolute Gasteiger partial charge is 0.478 e. The van der Waals surface area contributed by atoms with Crippen molar-refractivity contribution in [2.24, 2.45) is 5.92 Å². The second-order valence-electron chi connectivity index (χ2n) is 3.99. The number of hydrogen-bond donors (Lipinski definition) is 1. The van der Waals surface area contributed by atoms with E-state index in [9.17, 15) is 4.79 Å². The standard InChI is InChI=1S/C12H16O2/c1-8(2)7-10-5-4-6-11(9(10)3)12(13)14/h4-6,8H,7H2,1-3H3,(H,13,14). The molecule has 0 aliphatic rings. The first kappa shape index (κ1) is 10.8. The van der Waals surface area contributed by atoms with Gasteiger partial charge in [0.05, 0.1) is 5.56 Å². The highest BCUT2D eigenvalue weighted by Gasteiger charge is 2.10. The fourth-order valence-corrected chi connectivity index (χ4v) is 1.58. The first-order chi connectivity index (χ1) is 6.52. The highest BCUT2D eigenvalue weighted by molar-refractivity contribution is 5.89. The summed E-state index contributed by atoms with van der Waals surface area (Å²) >= 11 is 0. The third kappa shape index (κ3) is 2.34. The lowest BCUT2D eigenvalue weighted by molar-refractivity contribution is 0.0696. The van der Waals surface area contributed by atoms with E-state index in [0.717, 1.165) is 17.5 Å². The Morgan fingerprint density at radius 1 is 1.43 bits per heavy atom. The zero-order valence-electron chi connectivity index (χ0n) is 8.87. The van der Waals surface area contributed by atoms with Crippen LogP contribution in [0.25, 0.3) is 0 Å². The van der Waals surface area contributed by atoms with Gasteiger partial charge in [-0.25, -0.2) is 4.79 Å². The molecule has 14 heavy (non-hydrogen) atoms. The van der Waals surface area contributed by atoms with Gasteiger partial charge in [0, 0.05) is 0 Å². The van der Waals surface area contributed by atoms with Gasteiger partial charge in [0.2, 0.25) is 0 Å². The van der Waals surface area contributed by atoms with Crippen LogP contribution in [0.3, 0.4) is 0 Å². The Kier molecular flexibility index (Phi) is 3.28. The molecule has 0 saturated carbocycles. The maximum absolute atomic E-state index is 10.9. The highest BCUT2D eigenvalue weighted by Crippen LogP contribution is 2.17. The number of carbonyl (C=O) groups is 1. The summed E-state index contributed by atoms with van der Waals surface area (Å²) in [5.41, 5.74) is 2.46. The first-order valence-electron chi connectivity index (χ1n) is 4.84. The first-order valence-corrected chi connectivity index (χ1v) is 4.84. The second kappa shape index (κ2) is 4.27. The van der Waals surface area contributed by atoms with Crippen LogP contribution in [-0.4, -0.2) is 11.1 Å². The fourth-order valence-electron chi connectivity index (χ4n) is 1.58. The van der Waals surface area contributed by atoms with Gasteiger partial charge in [-0.2, -0.15) is 0 Å². The fraction of sp³-hybridized carbons (Fsp3) is 0.417. The second-order valence-corrected chi connectivity index (χ2v) is 3.99. The third-order valence-corrected chi connectivity index (χ3v) is 2.30. The Morgan fingerprint density at radius 2 is 2.07 bits per heavy atom. The molecule has 1 rings (SSSR count). The average molecular weight is 192 g/mol. The molecule has 0 bridgehead atoms. The van der Waals surface area contributed by atoms with Crippen molar-refractivity contribution in [1.82, 2.24) is 0 Å². The Labute approximate surface area is 84.6 Å². The van der Waals surface area contributed by atoms with E-state index in [1.54, 1.807) is 6.07 Å². The number of aromatic carboxylic acids is 1. The van der Waals surface area contributed by atoms with Gasteiger partial charge in [-0.05, 0) is 36.5 Å². The molecular weight excluding hydrogens is 176 g/mol. The normalized spacial score (nSPS) is 10.6. The summed E-state index contributed by atoms with van der Waals surface area (Å²) in [7, 11) is 0. The molecule has 0 unspecified atom stereocenters. The quantitative estimate of drug-likeness (QED) is 0.799. The van der Waals surface area contributed by atoms with Crippen molar-refractivity contribution in [3.8, 4) is 0 Å². The van der Waals surface area contributed by atoms with Crippen molar-refractivity contribution < 1.29 is 9.90 Å². The zero-order valence-corrected chi connectivity index (χ0v) is 8.87. The van der Waals surface area contributed by atoms with Crippen LogP contribution in [0.15, 0.2) is 18.2 Å². The summed E-state index contributed by atoms with van der Waals surface area (Å²) in [5.74, 6) is -0.286. The molecule has 1 aromatic rings. The Morgan fingerprint density at radius 3 is 2.57 bits per heavy atom. The summed E-state index contributed by atoms with van der Waals surface area (Å²) in [6.07, 6.45) is 0.937. The minimum atomic E-state index is -0.840. The number of carboxylic acids is 1. The summed E-state index contributed by atoms with van der Waals surface area (Å²) in [5, 5.41) is 8.92.